The van der Waals surface area contributed by atoms with Crippen LogP contribution in [0.4, 0.5) is 0 Å². The number of unbranched alkanes of at least 4 members (excludes halogenated alkanes) is 6. The van der Waals surface area contributed by atoms with Crippen LogP contribution in [0.15, 0.2) is 0 Å². The Balaban J connectivity index is 1.50. The van der Waals surface area contributed by atoms with E-state index in [0.29, 0.717) is 5.41 Å². The Labute approximate surface area is 225 Å². The molecule has 1 aliphatic heterocycles. The molecule has 3 fully saturated rings. The average Bonchev–Trinajstić information content (AvgIpc) is 3.57. The molecule has 1 heterocycles. The quantitative estimate of drug-likeness (QED) is 0.333. The van der Waals surface area contributed by atoms with Crippen LogP contribution in [-0.4, -0.2) is 42.0 Å². The van der Waals surface area contributed by atoms with Crippen molar-refractivity contribution < 1.29 is 9.84 Å². The lowest BCUT2D eigenvalue weighted by Gasteiger charge is -2.25. The molecule has 0 aromatic heterocycles. The summed E-state index contributed by atoms with van der Waals surface area (Å²) in [5, 5.41) is 10.6. The fourth-order valence-corrected chi connectivity index (χ4v) is 7.35. The van der Waals surface area contributed by atoms with Gasteiger partial charge in [0.25, 0.3) is 0 Å². The van der Waals surface area contributed by atoms with Gasteiger partial charge in [-0.2, -0.15) is 0 Å². The molecule has 3 nitrogen and oxygen atoms in total. The van der Waals surface area contributed by atoms with E-state index in [4.69, 9.17) is 4.74 Å². The summed E-state index contributed by atoms with van der Waals surface area (Å²) in [5.41, 5.74) is 0.617. The van der Waals surface area contributed by atoms with Crippen LogP contribution in [-0.2, 0) is 4.74 Å². The van der Waals surface area contributed by atoms with Gasteiger partial charge in [0, 0.05) is 0 Å². The molecule has 0 aromatic rings. The second-order valence-corrected chi connectivity index (χ2v) is 13.0. The number of ether oxygens (including phenoxy) is 1. The van der Waals surface area contributed by atoms with E-state index in [-0.39, 0.29) is 6.10 Å². The Morgan fingerprint density at radius 2 is 1.33 bits per heavy atom. The third-order valence-corrected chi connectivity index (χ3v) is 9.90. The van der Waals surface area contributed by atoms with Gasteiger partial charge in [0.1, 0.15) is 0 Å². The monoisotopic (exact) mass is 505 g/mol. The van der Waals surface area contributed by atoms with E-state index in [1.807, 2.05) is 0 Å². The third-order valence-electron chi connectivity index (χ3n) is 9.90. The molecule has 2 saturated carbocycles. The van der Waals surface area contributed by atoms with Gasteiger partial charge in [0.15, 0.2) is 6.29 Å². The molecule has 4 unspecified atom stereocenters. The molecular weight excluding hydrogens is 442 g/mol. The largest absolute Gasteiger partial charge is 0.368 e. The third kappa shape index (κ3) is 12.2. The molecule has 36 heavy (non-hydrogen) atoms. The first-order valence-corrected chi connectivity index (χ1v) is 16.8. The molecule has 212 valence electrons. The van der Waals surface area contributed by atoms with Crippen molar-refractivity contribution >= 4 is 0 Å². The SMILES string of the molecule is CCCCCCCCCN1CCCCCCCC(O)OC2CCCCCCCC3(CC2)CC3CCC1. The highest BCUT2D eigenvalue weighted by Crippen LogP contribution is 2.61. The van der Waals surface area contributed by atoms with Gasteiger partial charge in [0.2, 0.25) is 0 Å². The van der Waals surface area contributed by atoms with E-state index >= 15 is 0 Å². The number of rotatable bonds is 8. The highest BCUT2D eigenvalue weighted by Gasteiger charge is 2.51. The molecule has 0 radical (unpaired) electrons. The van der Waals surface area contributed by atoms with Gasteiger partial charge >= 0.3 is 0 Å². The predicted molar refractivity (Wildman–Crippen MR) is 154 cm³/mol. The summed E-state index contributed by atoms with van der Waals surface area (Å²) in [6, 6.07) is 0. The highest BCUT2D eigenvalue weighted by atomic mass is 16.6. The van der Waals surface area contributed by atoms with Crippen LogP contribution >= 0.6 is 0 Å². The van der Waals surface area contributed by atoms with Gasteiger partial charge < -0.3 is 14.7 Å². The van der Waals surface area contributed by atoms with E-state index in [1.165, 1.54) is 161 Å². The fraction of sp³-hybridized carbons (Fsp3) is 1.00. The smallest absolute Gasteiger partial charge is 0.154 e. The average molecular weight is 506 g/mol. The Morgan fingerprint density at radius 3 is 2.17 bits per heavy atom. The zero-order chi connectivity index (χ0) is 25.3. The standard InChI is InChI=1S/C33H63NO2/c1-2-3-4-5-6-12-17-26-34-27-18-13-8-10-15-22-32(35)36-31-21-14-9-7-11-16-24-33(25-23-31)29-30(33)20-19-28-34/h30-32,35H,2-29H2,1H3. The summed E-state index contributed by atoms with van der Waals surface area (Å²) in [4.78, 5) is 2.83. The Bertz CT molecular complexity index is 540. The lowest BCUT2D eigenvalue weighted by Crippen LogP contribution is -2.27. The van der Waals surface area contributed by atoms with E-state index in [9.17, 15) is 5.11 Å². The Hall–Kier alpha value is -0.120. The van der Waals surface area contributed by atoms with Gasteiger partial charge in [-0.1, -0.05) is 96.8 Å². The number of aliphatic hydroxyl groups is 1. The van der Waals surface area contributed by atoms with Crippen LogP contribution in [0.25, 0.3) is 0 Å². The number of fused-ring (bicyclic) bond motifs is 2. The highest BCUT2D eigenvalue weighted by molar-refractivity contribution is 5.02. The summed E-state index contributed by atoms with van der Waals surface area (Å²) in [6.45, 7) is 6.28. The van der Waals surface area contributed by atoms with Gasteiger partial charge in [0.05, 0.1) is 6.10 Å². The predicted octanol–water partition coefficient (Wildman–Crippen LogP) is 9.41. The molecule has 3 aliphatic rings. The Kier molecular flexibility index (Phi) is 15.4. The van der Waals surface area contributed by atoms with Crippen LogP contribution < -0.4 is 0 Å². The molecule has 1 spiro atoms. The van der Waals surface area contributed by atoms with Crippen LogP contribution in [0.2, 0.25) is 0 Å². The van der Waals surface area contributed by atoms with Gasteiger partial charge in [-0.05, 0) is 102 Å². The van der Waals surface area contributed by atoms with Gasteiger partial charge in [-0.3, -0.25) is 0 Å². The molecule has 4 atom stereocenters. The zero-order valence-electron chi connectivity index (χ0n) is 24.3. The first-order chi connectivity index (χ1) is 17.7. The Morgan fingerprint density at radius 1 is 0.667 bits per heavy atom. The van der Waals surface area contributed by atoms with E-state index in [2.05, 4.69) is 11.8 Å². The molecule has 2 bridgehead atoms. The normalized spacial score (nSPS) is 32.7. The first-order valence-electron chi connectivity index (χ1n) is 16.8. The van der Waals surface area contributed by atoms with Crippen LogP contribution in [0.1, 0.15) is 167 Å². The lowest BCUT2D eigenvalue weighted by atomic mass is 9.88. The van der Waals surface area contributed by atoms with E-state index < -0.39 is 6.29 Å². The number of nitrogens with zero attached hydrogens (tertiary/aromatic N) is 1. The topological polar surface area (TPSA) is 32.7 Å². The lowest BCUT2D eigenvalue weighted by molar-refractivity contribution is -0.145. The summed E-state index contributed by atoms with van der Waals surface area (Å²) >= 11 is 0. The van der Waals surface area contributed by atoms with E-state index in [0.717, 1.165) is 25.2 Å². The molecule has 1 N–H and O–H groups in total. The molecule has 0 aromatic carbocycles. The van der Waals surface area contributed by atoms with E-state index in [1.54, 1.807) is 0 Å². The fourth-order valence-electron chi connectivity index (χ4n) is 7.35. The summed E-state index contributed by atoms with van der Waals surface area (Å²) in [6.07, 6.45) is 33.2. The maximum Gasteiger partial charge on any atom is 0.154 e. The van der Waals surface area contributed by atoms with Crippen molar-refractivity contribution in [3.8, 4) is 0 Å². The van der Waals surface area contributed by atoms with Gasteiger partial charge in [-0.15, -0.1) is 0 Å². The molecule has 3 heteroatoms. The second kappa shape index (κ2) is 18.2. The summed E-state index contributed by atoms with van der Waals surface area (Å²) in [5.74, 6) is 0.961. The maximum absolute atomic E-state index is 10.6. The first kappa shape index (κ1) is 30.4. The molecule has 2 aliphatic carbocycles. The van der Waals surface area contributed by atoms with Crippen molar-refractivity contribution in [2.45, 2.75) is 180 Å². The maximum atomic E-state index is 10.6. The summed E-state index contributed by atoms with van der Waals surface area (Å²) < 4.78 is 6.26. The summed E-state index contributed by atoms with van der Waals surface area (Å²) in [7, 11) is 0. The van der Waals surface area contributed by atoms with Crippen LogP contribution in [0.3, 0.4) is 0 Å². The minimum Gasteiger partial charge on any atom is -0.368 e. The minimum absolute atomic E-state index is 0.285. The molecule has 0 amide bonds. The number of aliphatic hydroxyl groups excluding tert-OH is 1. The second-order valence-electron chi connectivity index (χ2n) is 13.0. The van der Waals surface area contributed by atoms with Crippen molar-refractivity contribution in [2.24, 2.45) is 11.3 Å². The zero-order valence-corrected chi connectivity index (χ0v) is 24.3. The molecular formula is C33H63NO2. The van der Waals surface area contributed by atoms with Crippen molar-refractivity contribution in [1.82, 2.24) is 4.90 Å². The van der Waals surface area contributed by atoms with Crippen LogP contribution in [0.5, 0.6) is 0 Å². The van der Waals surface area contributed by atoms with Gasteiger partial charge in [-0.25, -0.2) is 0 Å². The number of hydrogen-bond donors (Lipinski definition) is 1. The van der Waals surface area contributed by atoms with Crippen molar-refractivity contribution in [3.05, 3.63) is 0 Å². The molecule has 1 saturated heterocycles. The molecule has 3 rings (SSSR count). The number of hydrogen-bond acceptors (Lipinski definition) is 3. The van der Waals surface area contributed by atoms with Crippen molar-refractivity contribution in [3.63, 3.8) is 0 Å². The minimum atomic E-state index is -0.539. The van der Waals surface area contributed by atoms with Crippen molar-refractivity contribution in [1.29, 1.82) is 0 Å². The van der Waals surface area contributed by atoms with Crippen LogP contribution in [0, 0.1) is 11.3 Å². The van der Waals surface area contributed by atoms with Crippen molar-refractivity contribution in [2.75, 3.05) is 19.6 Å².